The summed E-state index contributed by atoms with van der Waals surface area (Å²) in [5, 5.41) is 0. The highest BCUT2D eigenvalue weighted by molar-refractivity contribution is 5.93. The molecule has 0 bridgehead atoms. The first-order valence-corrected chi connectivity index (χ1v) is 17.7. The van der Waals surface area contributed by atoms with E-state index in [-0.39, 0.29) is 12.1 Å². The minimum atomic E-state index is -0.212. The maximum atomic E-state index is 13.4. The van der Waals surface area contributed by atoms with Crippen LogP contribution in [0.5, 0.6) is 5.75 Å². The molecule has 3 heteroatoms. The van der Waals surface area contributed by atoms with Crippen LogP contribution in [0.15, 0.2) is 12.1 Å². The molecule has 42 heavy (non-hydrogen) atoms. The number of methoxy groups -OCH3 is 1. The van der Waals surface area contributed by atoms with Crippen LogP contribution in [0.2, 0.25) is 0 Å². The summed E-state index contributed by atoms with van der Waals surface area (Å²) in [5.74, 6) is 7.84. The quantitative estimate of drug-likeness (QED) is 0.288. The van der Waals surface area contributed by atoms with E-state index in [4.69, 9.17) is 9.47 Å². The zero-order valence-corrected chi connectivity index (χ0v) is 28.7. The van der Waals surface area contributed by atoms with Crippen molar-refractivity contribution in [2.24, 2.45) is 64.1 Å². The highest BCUT2D eigenvalue weighted by Crippen LogP contribution is 2.69. The third-order valence-corrected chi connectivity index (χ3v) is 14.1. The van der Waals surface area contributed by atoms with Crippen molar-refractivity contribution >= 4 is 5.97 Å². The maximum absolute atomic E-state index is 13.4. The van der Waals surface area contributed by atoms with Gasteiger partial charge in [-0.25, -0.2) is 4.79 Å². The summed E-state index contributed by atoms with van der Waals surface area (Å²) in [4.78, 5) is 13.4. The fraction of sp³-hybridized carbons (Fsp3) is 0.821. The van der Waals surface area contributed by atoms with Gasteiger partial charge in [-0.2, -0.15) is 0 Å². The van der Waals surface area contributed by atoms with E-state index in [1.165, 1.54) is 51.4 Å². The van der Waals surface area contributed by atoms with Gasteiger partial charge in [0.1, 0.15) is 17.4 Å². The molecule has 4 aliphatic rings. The molecule has 0 amide bonds. The van der Waals surface area contributed by atoms with Gasteiger partial charge in [0.25, 0.3) is 0 Å². The van der Waals surface area contributed by atoms with Crippen LogP contribution in [0.1, 0.15) is 134 Å². The van der Waals surface area contributed by atoms with E-state index in [2.05, 4.69) is 54.5 Å². The van der Waals surface area contributed by atoms with Gasteiger partial charge in [0.15, 0.2) is 0 Å². The first-order valence-electron chi connectivity index (χ1n) is 17.7. The van der Waals surface area contributed by atoms with Gasteiger partial charge >= 0.3 is 5.97 Å². The molecule has 0 aliphatic heterocycles. The van der Waals surface area contributed by atoms with Crippen LogP contribution in [0.4, 0.5) is 0 Å². The molecule has 236 valence electrons. The van der Waals surface area contributed by atoms with Gasteiger partial charge in [-0.3, -0.25) is 0 Å². The Balaban J connectivity index is 1.27. The number of hydrogen-bond acceptors (Lipinski definition) is 3. The Morgan fingerprint density at radius 3 is 2.31 bits per heavy atom. The normalized spacial score (nSPS) is 39.2. The number of hydrogen-bond donors (Lipinski definition) is 0. The minimum Gasteiger partial charge on any atom is -0.496 e. The van der Waals surface area contributed by atoms with Crippen LogP contribution in [-0.2, 0) is 4.74 Å². The predicted molar refractivity (Wildman–Crippen MR) is 174 cm³/mol. The highest BCUT2D eigenvalue weighted by Gasteiger charge is 2.62. The average Bonchev–Trinajstić information content (AvgIpc) is 3.29. The summed E-state index contributed by atoms with van der Waals surface area (Å²) < 4.78 is 11.9. The van der Waals surface area contributed by atoms with Crippen molar-refractivity contribution in [2.75, 3.05) is 7.11 Å². The second-order valence-electron chi connectivity index (χ2n) is 16.7. The van der Waals surface area contributed by atoms with Crippen molar-refractivity contribution in [3.05, 3.63) is 28.8 Å². The van der Waals surface area contributed by atoms with Crippen LogP contribution in [0, 0.1) is 77.9 Å². The standard InChI is InChI=1S/C39H62O3/c1-23(2)25(4)11-12-26(5)32-13-14-33-35-27(6)21-29-22-30(15-17-38(29,8)34(35)16-18-39(32,33)9)42-37(40)31-20-24(3)19-28(7)36(31)41-10/h19-20,23,25-27,29-30,32-35H,11-18,21-22H2,1-10H3. The van der Waals surface area contributed by atoms with E-state index in [0.717, 1.165) is 71.3 Å². The fourth-order valence-electron chi connectivity index (χ4n) is 11.3. The number of esters is 1. The lowest BCUT2D eigenvalue weighted by Crippen LogP contribution is -2.56. The summed E-state index contributed by atoms with van der Waals surface area (Å²) in [6, 6.07) is 3.99. The number of ether oxygens (including phenoxy) is 2. The number of aryl methyl sites for hydroxylation is 2. The van der Waals surface area contributed by atoms with Crippen LogP contribution in [-0.4, -0.2) is 19.2 Å². The minimum absolute atomic E-state index is 0.0173. The molecule has 0 saturated heterocycles. The summed E-state index contributed by atoms with van der Waals surface area (Å²) in [7, 11) is 1.65. The molecular formula is C39H62O3. The monoisotopic (exact) mass is 578 g/mol. The van der Waals surface area contributed by atoms with Gasteiger partial charge in [-0.15, -0.1) is 0 Å². The zero-order valence-electron chi connectivity index (χ0n) is 28.7. The largest absolute Gasteiger partial charge is 0.496 e. The average molecular weight is 579 g/mol. The summed E-state index contributed by atoms with van der Waals surface area (Å²) >= 11 is 0. The van der Waals surface area contributed by atoms with Crippen LogP contribution in [0.25, 0.3) is 0 Å². The molecule has 0 aromatic heterocycles. The number of benzene rings is 1. The Labute approximate surface area is 258 Å². The van der Waals surface area contributed by atoms with Gasteiger partial charge < -0.3 is 9.47 Å². The summed E-state index contributed by atoms with van der Waals surface area (Å²) in [6.07, 6.45) is 13.1. The van der Waals surface area contributed by atoms with Crippen molar-refractivity contribution < 1.29 is 14.3 Å². The third kappa shape index (κ3) is 5.58. The molecule has 0 heterocycles. The second-order valence-corrected chi connectivity index (χ2v) is 16.7. The summed E-state index contributed by atoms with van der Waals surface area (Å²) in [5.41, 5.74) is 3.55. The molecule has 0 radical (unpaired) electrons. The SMILES string of the molecule is COc1c(C)cc(C)cc1C(=O)OC1CCC2(C)C(C1)CC(C)C1C2CCC2(C)C(C(C)CCC(C)C(C)C)CCC12. The molecule has 11 atom stereocenters. The number of rotatable bonds is 8. The number of carbonyl (C=O) groups is 1. The topological polar surface area (TPSA) is 35.5 Å². The lowest BCUT2D eigenvalue weighted by molar-refractivity contribution is -0.150. The Morgan fingerprint density at radius 2 is 1.62 bits per heavy atom. The zero-order chi connectivity index (χ0) is 30.6. The van der Waals surface area contributed by atoms with Crippen molar-refractivity contribution in [1.29, 1.82) is 0 Å². The molecule has 0 N–H and O–H groups in total. The molecule has 4 aliphatic carbocycles. The summed E-state index contributed by atoms with van der Waals surface area (Å²) in [6.45, 7) is 21.8. The van der Waals surface area contributed by atoms with Crippen LogP contribution < -0.4 is 4.74 Å². The van der Waals surface area contributed by atoms with E-state index < -0.39 is 0 Å². The van der Waals surface area contributed by atoms with Gasteiger partial charge in [0, 0.05) is 0 Å². The second kappa shape index (κ2) is 12.1. The van der Waals surface area contributed by atoms with Crippen molar-refractivity contribution in [1.82, 2.24) is 0 Å². The Kier molecular flexibility index (Phi) is 9.20. The molecule has 3 nitrogen and oxygen atoms in total. The van der Waals surface area contributed by atoms with Gasteiger partial charge in [-0.1, -0.05) is 67.4 Å². The molecular weight excluding hydrogens is 516 g/mol. The Bertz CT molecular complexity index is 1120. The van der Waals surface area contributed by atoms with Gasteiger partial charge in [-0.05, 0) is 146 Å². The lowest BCUT2D eigenvalue weighted by Gasteiger charge is -2.63. The molecule has 1 aromatic rings. The molecule has 4 saturated carbocycles. The van der Waals surface area contributed by atoms with Crippen molar-refractivity contribution in [3.63, 3.8) is 0 Å². The van der Waals surface area contributed by atoms with Crippen molar-refractivity contribution in [2.45, 2.75) is 133 Å². The first kappa shape index (κ1) is 31.9. The van der Waals surface area contributed by atoms with E-state index in [1.807, 2.05) is 19.9 Å². The van der Waals surface area contributed by atoms with Gasteiger partial charge in [0.05, 0.1) is 7.11 Å². The van der Waals surface area contributed by atoms with Crippen molar-refractivity contribution in [3.8, 4) is 5.75 Å². The van der Waals surface area contributed by atoms with Gasteiger partial charge in [0.2, 0.25) is 0 Å². The molecule has 0 spiro atoms. The first-order chi connectivity index (χ1) is 19.8. The fourth-order valence-corrected chi connectivity index (χ4v) is 11.3. The van der Waals surface area contributed by atoms with E-state index in [1.54, 1.807) is 7.11 Å². The van der Waals surface area contributed by atoms with Crippen LogP contribution >= 0.6 is 0 Å². The lowest BCUT2D eigenvalue weighted by atomic mass is 9.42. The molecule has 5 rings (SSSR count). The molecule has 11 unspecified atom stereocenters. The number of fused-ring (bicyclic) bond motifs is 5. The number of carbonyl (C=O) groups excluding carboxylic acids is 1. The third-order valence-electron chi connectivity index (χ3n) is 14.1. The maximum Gasteiger partial charge on any atom is 0.342 e. The predicted octanol–water partition coefficient (Wildman–Crippen LogP) is 10.5. The molecule has 1 aromatic carbocycles. The Hall–Kier alpha value is -1.51. The highest BCUT2D eigenvalue weighted by atomic mass is 16.5. The van der Waals surface area contributed by atoms with Crippen LogP contribution in [0.3, 0.4) is 0 Å². The van der Waals surface area contributed by atoms with E-state index in [9.17, 15) is 4.79 Å². The van der Waals surface area contributed by atoms with E-state index in [0.29, 0.717) is 28.1 Å². The molecule has 4 fully saturated rings. The van der Waals surface area contributed by atoms with E-state index >= 15 is 0 Å². The Morgan fingerprint density at radius 1 is 0.929 bits per heavy atom. The smallest absolute Gasteiger partial charge is 0.342 e.